The lowest BCUT2D eigenvalue weighted by atomic mass is 10.2. The van der Waals surface area contributed by atoms with E-state index in [4.69, 9.17) is 0 Å². The van der Waals surface area contributed by atoms with Crippen LogP contribution in [0.25, 0.3) is 6.08 Å². The van der Waals surface area contributed by atoms with Gasteiger partial charge >= 0.3 is 5.97 Å². The second kappa shape index (κ2) is 5.64. The van der Waals surface area contributed by atoms with Crippen LogP contribution in [0.1, 0.15) is 19.4 Å². The Morgan fingerprint density at radius 1 is 1.29 bits per heavy atom. The Balaban J connectivity index is 2.71. The molecule has 0 radical (unpaired) electrons. The van der Waals surface area contributed by atoms with Crippen molar-refractivity contribution >= 4 is 12.0 Å². The van der Waals surface area contributed by atoms with E-state index in [9.17, 15) is 14.9 Å². The molecule has 90 valence electrons. The summed E-state index contributed by atoms with van der Waals surface area (Å²) in [5, 5.41) is 10.4. The Kier molecular flexibility index (Phi) is 4.21. The van der Waals surface area contributed by atoms with Crippen molar-refractivity contribution < 1.29 is 19.5 Å². The van der Waals surface area contributed by atoms with Gasteiger partial charge in [0.05, 0.1) is 4.92 Å². The summed E-state index contributed by atoms with van der Waals surface area (Å²) in [6.45, 7) is 2.63. The summed E-state index contributed by atoms with van der Waals surface area (Å²) in [5.41, 5.74) is 0.702. The van der Waals surface area contributed by atoms with Gasteiger partial charge in [-0.1, -0.05) is 12.1 Å². The summed E-state index contributed by atoms with van der Waals surface area (Å²) in [4.78, 5) is 29.4. The van der Waals surface area contributed by atoms with Gasteiger partial charge in [0.15, 0.2) is 5.75 Å². The van der Waals surface area contributed by atoms with Crippen LogP contribution >= 0.6 is 0 Å². The summed E-state index contributed by atoms with van der Waals surface area (Å²) >= 11 is 0. The topological polar surface area (TPSA) is 78.7 Å². The van der Waals surface area contributed by atoms with Crippen molar-refractivity contribution in [2.75, 3.05) is 0 Å². The Morgan fingerprint density at radius 3 is 2.35 bits per heavy atom. The van der Waals surface area contributed by atoms with Crippen LogP contribution in [0.4, 0.5) is 0 Å². The highest BCUT2D eigenvalue weighted by Gasteiger charge is 2.03. The van der Waals surface area contributed by atoms with Gasteiger partial charge in [-0.3, -0.25) is 19.9 Å². The number of nitrogens with zero attached hydrogens (tertiary/aromatic N) is 1. The molecule has 6 nitrogen and oxygen atoms in total. The fraction of sp³-hybridized carbons (Fsp3) is 0.182. The van der Waals surface area contributed by atoms with Gasteiger partial charge in [0.25, 0.3) is 0 Å². The molecule has 0 saturated carbocycles. The van der Waals surface area contributed by atoms with Gasteiger partial charge in [-0.25, -0.2) is 4.79 Å². The second-order valence-corrected chi connectivity index (χ2v) is 3.27. The lowest BCUT2D eigenvalue weighted by Gasteiger charge is -2.01. The van der Waals surface area contributed by atoms with Crippen LogP contribution in [0.15, 0.2) is 30.0 Å². The third-order valence-electron chi connectivity index (χ3n) is 1.80. The molecule has 0 fully saturated rings. The van der Waals surface area contributed by atoms with E-state index < -0.39 is 10.9 Å². The molecule has 17 heavy (non-hydrogen) atoms. The summed E-state index contributed by atoms with van der Waals surface area (Å²) in [7, 11) is 0. The second-order valence-electron chi connectivity index (χ2n) is 3.27. The summed E-state index contributed by atoms with van der Waals surface area (Å²) < 4.78 is 0. The number of hydrogen-bond donors (Lipinski definition) is 0. The number of carbonyl (C=O) groups is 1. The van der Waals surface area contributed by atoms with Crippen LogP contribution in [0.2, 0.25) is 0 Å². The smallest absolute Gasteiger partial charge is 0.287 e. The molecule has 1 aromatic rings. The molecule has 0 bridgehead atoms. The zero-order valence-electron chi connectivity index (χ0n) is 9.38. The minimum atomic E-state index is -0.557. The molecule has 0 aliphatic rings. The van der Waals surface area contributed by atoms with Gasteiger partial charge in [-0.2, -0.15) is 0 Å². The molecule has 0 amide bonds. The van der Waals surface area contributed by atoms with Gasteiger partial charge in [0.1, 0.15) is 0 Å². The minimum absolute atomic E-state index is 0.0404. The Hall–Kier alpha value is -2.37. The van der Waals surface area contributed by atoms with Gasteiger partial charge < -0.3 is 0 Å². The number of benzene rings is 1. The van der Waals surface area contributed by atoms with E-state index in [0.717, 1.165) is 0 Å². The first kappa shape index (κ1) is 12.7. The lowest BCUT2D eigenvalue weighted by Crippen LogP contribution is -2.02. The maximum Gasteiger partial charge on any atom is 0.352 e. The van der Waals surface area contributed by atoms with Crippen LogP contribution in [0.3, 0.4) is 0 Å². The van der Waals surface area contributed by atoms with Gasteiger partial charge in [0.2, 0.25) is 5.70 Å². The zero-order valence-corrected chi connectivity index (χ0v) is 9.38. The molecule has 1 aromatic carbocycles. The first-order valence-electron chi connectivity index (χ1n) is 4.77. The van der Waals surface area contributed by atoms with E-state index in [1.807, 2.05) is 0 Å². The van der Waals surface area contributed by atoms with Gasteiger partial charge in [0, 0.05) is 19.9 Å². The minimum Gasteiger partial charge on any atom is -0.287 e. The van der Waals surface area contributed by atoms with E-state index in [0.29, 0.717) is 11.3 Å². The highest BCUT2D eigenvalue weighted by molar-refractivity contribution is 5.65. The largest absolute Gasteiger partial charge is 0.352 e. The van der Waals surface area contributed by atoms with Gasteiger partial charge in [-0.15, -0.1) is 0 Å². The molecule has 0 saturated heterocycles. The Bertz CT molecular complexity index is 449. The van der Waals surface area contributed by atoms with Crippen molar-refractivity contribution in [2.45, 2.75) is 13.8 Å². The van der Waals surface area contributed by atoms with Crippen molar-refractivity contribution in [2.24, 2.45) is 0 Å². The van der Waals surface area contributed by atoms with E-state index in [-0.39, 0.29) is 5.70 Å². The van der Waals surface area contributed by atoms with Crippen molar-refractivity contribution in [3.8, 4) is 5.75 Å². The average Bonchev–Trinajstić information content (AvgIpc) is 2.28. The van der Waals surface area contributed by atoms with Crippen LogP contribution < -0.4 is 4.89 Å². The number of allylic oxidation sites excluding steroid dienone is 1. The maximum atomic E-state index is 10.5. The monoisotopic (exact) mass is 237 g/mol. The molecular formula is C11H11NO5. The van der Waals surface area contributed by atoms with E-state index in [2.05, 4.69) is 9.78 Å². The van der Waals surface area contributed by atoms with Crippen LogP contribution in [-0.2, 0) is 9.68 Å². The summed E-state index contributed by atoms with van der Waals surface area (Å²) in [5.74, 6) is -0.214. The molecule has 0 aromatic heterocycles. The highest BCUT2D eigenvalue weighted by Crippen LogP contribution is 2.14. The third kappa shape index (κ3) is 4.33. The molecular weight excluding hydrogens is 226 g/mol. The van der Waals surface area contributed by atoms with E-state index >= 15 is 0 Å². The average molecular weight is 237 g/mol. The van der Waals surface area contributed by atoms with Crippen molar-refractivity contribution in [1.29, 1.82) is 0 Å². The van der Waals surface area contributed by atoms with E-state index in [1.165, 1.54) is 19.9 Å². The predicted molar refractivity (Wildman–Crippen MR) is 59.5 cm³/mol. The summed E-state index contributed by atoms with van der Waals surface area (Å²) in [6.07, 6.45) is 1.43. The Labute approximate surface area is 97.5 Å². The molecule has 6 heteroatoms. The summed E-state index contributed by atoms with van der Waals surface area (Å²) in [6, 6.07) is 6.32. The van der Waals surface area contributed by atoms with E-state index in [1.54, 1.807) is 24.3 Å². The molecule has 0 aliphatic carbocycles. The third-order valence-corrected chi connectivity index (χ3v) is 1.80. The first-order chi connectivity index (χ1) is 7.99. The van der Waals surface area contributed by atoms with Crippen LogP contribution in [-0.4, -0.2) is 10.9 Å². The maximum absolute atomic E-state index is 10.5. The molecule has 0 heterocycles. The lowest BCUT2D eigenvalue weighted by molar-refractivity contribution is -0.422. The molecule has 0 atom stereocenters. The zero-order chi connectivity index (χ0) is 12.8. The first-order valence-corrected chi connectivity index (χ1v) is 4.77. The van der Waals surface area contributed by atoms with Crippen molar-refractivity contribution in [3.63, 3.8) is 0 Å². The molecule has 0 unspecified atom stereocenters. The predicted octanol–water partition coefficient (Wildman–Crippen LogP) is 2.18. The molecule has 1 rings (SSSR count). The normalized spacial score (nSPS) is 10.8. The molecule has 0 aliphatic heterocycles. The SMILES string of the molecule is CC(=O)OOc1ccc(C=C(C)[N+](=O)[O-])cc1. The number of hydrogen-bond acceptors (Lipinski definition) is 5. The molecule has 0 spiro atoms. The molecule has 0 N–H and O–H groups in total. The Morgan fingerprint density at radius 2 is 1.88 bits per heavy atom. The standard InChI is InChI=1S/C11H11NO5/c1-8(12(14)15)7-10-3-5-11(6-4-10)17-16-9(2)13/h3-7H,1-2H3. The fourth-order valence-corrected chi connectivity index (χ4v) is 1.02. The van der Waals surface area contributed by atoms with Crippen LogP contribution in [0, 0.1) is 10.1 Å². The number of nitro groups is 1. The van der Waals surface area contributed by atoms with Crippen molar-refractivity contribution in [3.05, 3.63) is 45.6 Å². The van der Waals surface area contributed by atoms with Gasteiger partial charge in [-0.05, 0) is 17.7 Å². The van der Waals surface area contributed by atoms with Crippen molar-refractivity contribution in [1.82, 2.24) is 0 Å². The van der Waals surface area contributed by atoms with Crippen LogP contribution in [0.5, 0.6) is 5.75 Å². The highest BCUT2D eigenvalue weighted by atomic mass is 17.2. The number of carbonyl (C=O) groups excluding carboxylic acids is 1. The number of rotatable bonds is 4. The fourth-order valence-electron chi connectivity index (χ4n) is 1.02. The quantitative estimate of drug-likeness (QED) is 0.455.